The molecule has 4 N–H and O–H groups in total. The van der Waals surface area contributed by atoms with Gasteiger partial charge in [-0.25, -0.2) is 9.59 Å². The predicted molar refractivity (Wildman–Crippen MR) is 141 cm³/mol. The number of amides is 1. The summed E-state index contributed by atoms with van der Waals surface area (Å²) in [5, 5.41) is 23.4. The number of rotatable bonds is 8. The Morgan fingerprint density at radius 2 is 1.82 bits per heavy atom. The molecule has 0 aliphatic carbocycles. The van der Waals surface area contributed by atoms with E-state index in [2.05, 4.69) is 10.3 Å². The van der Waals surface area contributed by atoms with Gasteiger partial charge in [0.25, 0.3) is 5.91 Å². The van der Waals surface area contributed by atoms with Gasteiger partial charge in [0.05, 0.1) is 0 Å². The largest absolute Gasteiger partial charge is 0.508 e. The lowest BCUT2D eigenvalue weighted by atomic mass is 10.0. The summed E-state index contributed by atoms with van der Waals surface area (Å²) < 4.78 is 11.1. The van der Waals surface area contributed by atoms with Crippen LogP contribution < -0.4 is 15.7 Å². The van der Waals surface area contributed by atoms with Crippen LogP contribution in [0.3, 0.4) is 0 Å². The van der Waals surface area contributed by atoms with Crippen molar-refractivity contribution in [2.45, 2.75) is 25.5 Å². The Bertz CT molecular complexity index is 1710. The van der Waals surface area contributed by atoms with Crippen molar-refractivity contribution in [3.05, 3.63) is 95.0 Å². The first-order valence-electron chi connectivity index (χ1n) is 11.9. The minimum Gasteiger partial charge on any atom is -0.508 e. The molecule has 9 heteroatoms. The van der Waals surface area contributed by atoms with Crippen LogP contribution >= 0.6 is 0 Å². The molecule has 0 spiro atoms. The van der Waals surface area contributed by atoms with Crippen LogP contribution in [0.1, 0.15) is 12.5 Å². The quantitative estimate of drug-likeness (QED) is 0.228. The third-order valence-electron chi connectivity index (χ3n) is 6.27. The van der Waals surface area contributed by atoms with Crippen LogP contribution in [0.2, 0.25) is 0 Å². The van der Waals surface area contributed by atoms with E-state index in [1.165, 1.54) is 31.2 Å². The molecule has 0 aliphatic rings. The average molecular weight is 513 g/mol. The van der Waals surface area contributed by atoms with E-state index in [4.69, 9.17) is 9.15 Å². The van der Waals surface area contributed by atoms with Gasteiger partial charge in [0.15, 0.2) is 6.10 Å². The molecule has 3 aromatic carbocycles. The van der Waals surface area contributed by atoms with Gasteiger partial charge in [-0.05, 0) is 53.9 Å². The van der Waals surface area contributed by atoms with Gasteiger partial charge < -0.3 is 29.7 Å². The Morgan fingerprint density at radius 1 is 1.03 bits per heavy atom. The summed E-state index contributed by atoms with van der Waals surface area (Å²) in [6.07, 6.45) is 0.615. The fourth-order valence-corrected chi connectivity index (χ4v) is 4.37. The van der Waals surface area contributed by atoms with E-state index in [1.807, 2.05) is 30.3 Å². The Hall–Kier alpha value is -5.05. The molecule has 1 amide bonds. The fourth-order valence-electron chi connectivity index (χ4n) is 4.37. The number of carbonyl (C=O) groups excluding carboxylic acids is 1. The summed E-state index contributed by atoms with van der Waals surface area (Å²) in [6.45, 7) is 1.50. The number of carboxylic acid groups (broad SMARTS) is 1. The lowest BCUT2D eigenvalue weighted by Gasteiger charge is -2.19. The lowest BCUT2D eigenvalue weighted by molar-refractivity contribution is -0.142. The van der Waals surface area contributed by atoms with Gasteiger partial charge in [-0.15, -0.1) is 0 Å². The Labute approximate surface area is 216 Å². The Morgan fingerprint density at radius 3 is 2.58 bits per heavy atom. The number of carboxylic acids is 1. The summed E-state index contributed by atoms with van der Waals surface area (Å²) in [6, 6.07) is 19.3. The second-order valence-corrected chi connectivity index (χ2v) is 8.91. The minimum absolute atomic E-state index is 0.000636. The first-order valence-corrected chi connectivity index (χ1v) is 11.9. The number of hydrogen-bond acceptors (Lipinski definition) is 6. The molecule has 0 radical (unpaired) electrons. The third kappa shape index (κ3) is 5.08. The SMILES string of the molecule is C[C@@H](Oc1ccc2c(-c3ccccc3)cc(=O)oc2c1)C(=O)N[C@H](Cc1c[nH]c2ccc(O)cc12)C(=O)O. The number of ether oxygens (including phenoxy) is 1. The van der Waals surface area contributed by atoms with E-state index in [0.29, 0.717) is 27.5 Å². The van der Waals surface area contributed by atoms with Crippen LogP contribution in [-0.2, 0) is 16.0 Å². The van der Waals surface area contributed by atoms with Crippen LogP contribution in [0.5, 0.6) is 11.5 Å². The van der Waals surface area contributed by atoms with E-state index < -0.39 is 29.6 Å². The summed E-state index contributed by atoms with van der Waals surface area (Å²) in [5.74, 6) is -1.49. The van der Waals surface area contributed by atoms with Gasteiger partial charge in [0, 0.05) is 41.0 Å². The van der Waals surface area contributed by atoms with Crippen LogP contribution in [0.4, 0.5) is 0 Å². The van der Waals surface area contributed by atoms with Crippen molar-refractivity contribution in [2.24, 2.45) is 0 Å². The molecule has 2 heterocycles. The number of fused-ring (bicyclic) bond motifs is 2. The number of aromatic hydroxyl groups is 1. The average Bonchev–Trinajstić information content (AvgIpc) is 3.29. The molecular weight excluding hydrogens is 488 g/mol. The molecule has 0 saturated carbocycles. The van der Waals surface area contributed by atoms with Crippen molar-refractivity contribution in [1.82, 2.24) is 10.3 Å². The summed E-state index contributed by atoms with van der Waals surface area (Å²) in [7, 11) is 0. The van der Waals surface area contributed by atoms with Crippen LogP contribution in [-0.4, -0.2) is 39.2 Å². The molecule has 5 rings (SSSR count). The number of phenolic OH excluding ortho intramolecular Hbond substituents is 1. The van der Waals surface area contributed by atoms with Gasteiger partial charge >= 0.3 is 11.6 Å². The van der Waals surface area contributed by atoms with Crippen LogP contribution in [0, 0.1) is 0 Å². The van der Waals surface area contributed by atoms with Gasteiger partial charge in [0.1, 0.15) is 23.1 Å². The number of H-pyrrole nitrogens is 1. The molecule has 0 unspecified atom stereocenters. The highest BCUT2D eigenvalue weighted by Crippen LogP contribution is 2.30. The van der Waals surface area contributed by atoms with Crippen molar-refractivity contribution in [2.75, 3.05) is 0 Å². The monoisotopic (exact) mass is 512 g/mol. The highest BCUT2D eigenvalue weighted by atomic mass is 16.5. The second-order valence-electron chi connectivity index (χ2n) is 8.91. The summed E-state index contributed by atoms with van der Waals surface area (Å²) in [5.41, 5.74) is 2.72. The maximum atomic E-state index is 12.8. The topological polar surface area (TPSA) is 142 Å². The van der Waals surface area contributed by atoms with Gasteiger partial charge in [0.2, 0.25) is 0 Å². The van der Waals surface area contributed by atoms with Crippen molar-refractivity contribution in [3.8, 4) is 22.6 Å². The Balaban J connectivity index is 1.32. The number of hydrogen-bond donors (Lipinski definition) is 4. The first-order chi connectivity index (χ1) is 18.3. The van der Waals surface area contributed by atoms with E-state index in [1.54, 1.807) is 24.4 Å². The molecule has 0 saturated heterocycles. The molecule has 192 valence electrons. The van der Waals surface area contributed by atoms with Crippen molar-refractivity contribution in [1.29, 1.82) is 0 Å². The number of aliphatic carboxylic acids is 1. The Kier molecular flexibility index (Phi) is 6.57. The maximum absolute atomic E-state index is 12.8. The van der Waals surface area contributed by atoms with Crippen molar-refractivity contribution >= 4 is 33.7 Å². The number of aromatic amines is 1. The highest BCUT2D eigenvalue weighted by Gasteiger charge is 2.25. The molecular formula is C29H24N2O7. The zero-order chi connectivity index (χ0) is 26.8. The van der Waals surface area contributed by atoms with E-state index in [-0.39, 0.29) is 17.9 Å². The third-order valence-corrected chi connectivity index (χ3v) is 6.27. The first kappa shape index (κ1) is 24.6. The number of phenols is 1. The minimum atomic E-state index is -1.22. The maximum Gasteiger partial charge on any atom is 0.336 e. The van der Waals surface area contributed by atoms with E-state index >= 15 is 0 Å². The zero-order valence-corrected chi connectivity index (χ0v) is 20.3. The van der Waals surface area contributed by atoms with E-state index in [9.17, 15) is 24.6 Å². The molecule has 5 aromatic rings. The number of nitrogens with one attached hydrogen (secondary N) is 2. The van der Waals surface area contributed by atoms with E-state index in [0.717, 1.165) is 11.1 Å². The second kappa shape index (κ2) is 10.1. The number of benzene rings is 3. The lowest BCUT2D eigenvalue weighted by Crippen LogP contribution is -2.47. The van der Waals surface area contributed by atoms with Gasteiger partial charge in [-0.2, -0.15) is 0 Å². The predicted octanol–water partition coefficient (Wildman–Crippen LogP) is 4.23. The molecule has 2 aromatic heterocycles. The molecule has 9 nitrogen and oxygen atoms in total. The molecule has 0 fully saturated rings. The van der Waals surface area contributed by atoms with Crippen molar-refractivity contribution in [3.63, 3.8) is 0 Å². The summed E-state index contributed by atoms with van der Waals surface area (Å²) >= 11 is 0. The van der Waals surface area contributed by atoms with Crippen LogP contribution in [0.25, 0.3) is 33.0 Å². The zero-order valence-electron chi connectivity index (χ0n) is 20.3. The number of carbonyl (C=O) groups is 2. The highest BCUT2D eigenvalue weighted by molar-refractivity contribution is 5.94. The molecule has 2 atom stereocenters. The molecule has 0 aliphatic heterocycles. The number of aromatic nitrogens is 1. The smallest absolute Gasteiger partial charge is 0.336 e. The van der Waals surface area contributed by atoms with Crippen LogP contribution in [0.15, 0.2) is 88.2 Å². The normalized spacial score (nSPS) is 12.8. The van der Waals surface area contributed by atoms with Gasteiger partial charge in [-0.3, -0.25) is 4.79 Å². The van der Waals surface area contributed by atoms with Gasteiger partial charge in [-0.1, -0.05) is 30.3 Å². The standard InChI is InChI=1S/C29H24N2O7/c1-16(28(34)31-25(29(35)36)11-18-15-30-24-10-7-19(32)12-23(18)24)37-20-8-9-21-22(17-5-3-2-4-6-17)14-27(33)38-26(21)13-20/h2-10,12-16,25,30,32H,11H2,1H3,(H,31,34)(H,35,36)/t16-,25-/m1/s1. The fraction of sp³-hybridized carbons (Fsp3) is 0.138. The van der Waals surface area contributed by atoms with Crippen molar-refractivity contribution < 1.29 is 29.0 Å². The molecule has 0 bridgehead atoms. The summed E-state index contributed by atoms with van der Waals surface area (Å²) in [4.78, 5) is 40.0. The molecule has 38 heavy (non-hydrogen) atoms.